The number of methoxy groups -OCH3 is 1. The highest BCUT2D eigenvalue weighted by Crippen LogP contribution is 2.37. The molecule has 0 amide bonds. The quantitative estimate of drug-likeness (QED) is 0.707. The van der Waals surface area contributed by atoms with Gasteiger partial charge in [0.2, 0.25) is 5.89 Å². The molecule has 2 aromatic carbocycles. The smallest absolute Gasteiger partial charge is 0.227 e. The van der Waals surface area contributed by atoms with Crippen molar-refractivity contribution in [3.8, 4) is 17.2 Å². The van der Waals surface area contributed by atoms with Gasteiger partial charge < -0.3 is 14.5 Å². The first-order chi connectivity index (χ1) is 10.6. The van der Waals surface area contributed by atoms with Crippen LogP contribution in [0.3, 0.4) is 0 Å². The fraction of sp³-hybridized carbons (Fsp3) is 0.188. The average molecular weight is 337 g/mol. The molecule has 0 unspecified atom stereocenters. The maximum absolute atomic E-state index is 6.16. The van der Waals surface area contributed by atoms with E-state index < -0.39 is 0 Å². The van der Waals surface area contributed by atoms with Gasteiger partial charge in [-0.2, -0.15) is 0 Å². The zero-order chi connectivity index (χ0) is 15.7. The number of nitrogens with zero attached hydrogens (tertiary/aromatic N) is 1. The Labute approximate surface area is 138 Å². The Bertz CT molecular complexity index is 807. The first-order valence-electron chi connectivity index (χ1n) is 6.80. The second-order valence-electron chi connectivity index (χ2n) is 4.70. The van der Waals surface area contributed by atoms with Gasteiger partial charge in [-0.05, 0) is 31.2 Å². The third kappa shape index (κ3) is 2.72. The Kier molecular flexibility index (Phi) is 4.14. The van der Waals surface area contributed by atoms with Crippen molar-refractivity contribution in [2.24, 2.45) is 0 Å². The maximum atomic E-state index is 6.16. The first-order valence-corrected chi connectivity index (χ1v) is 7.56. The number of fused-ring (bicyclic) bond motifs is 1. The van der Waals surface area contributed by atoms with E-state index in [9.17, 15) is 0 Å². The standard InChI is InChI=1S/C16H14Cl2N2O2/c1-3-19-10-4-5-13-14(8-10)22-16(20-13)9-6-11(17)15(21-2)12(18)7-9/h4-8,19H,3H2,1-2H3. The van der Waals surface area contributed by atoms with Gasteiger partial charge in [-0.25, -0.2) is 4.98 Å². The molecule has 0 aliphatic carbocycles. The van der Waals surface area contributed by atoms with Crippen LogP contribution in [-0.2, 0) is 0 Å². The van der Waals surface area contributed by atoms with Crippen LogP contribution in [-0.4, -0.2) is 18.6 Å². The monoisotopic (exact) mass is 336 g/mol. The summed E-state index contributed by atoms with van der Waals surface area (Å²) in [6.07, 6.45) is 0. The maximum Gasteiger partial charge on any atom is 0.227 e. The van der Waals surface area contributed by atoms with Crippen LogP contribution >= 0.6 is 23.2 Å². The molecule has 1 N–H and O–H groups in total. The second kappa shape index (κ2) is 6.07. The minimum atomic E-state index is 0.417. The molecule has 0 radical (unpaired) electrons. The lowest BCUT2D eigenvalue weighted by Gasteiger charge is -2.06. The van der Waals surface area contributed by atoms with Gasteiger partial charge in [-0.3, -0.25) is 0 Å². The van der Waals surface area contributed by atoms with Crippen molar-refractivity contribution < 1.29 is 9.15 Å². The Morgan fingerprint density at radius 3 is 2.55 bits per heavy atom. The van der Waals surface area contributed by atoms with Crippen LogP contribution in [0.4, 0.5) is 5.69 Å². The van der Waals surface area contributed by atoms with E-state index in [2.05, 4.69) is 10.3 Å². The predicted molar refractivity (Wildman–Crippen MR) is 90.2 cm³/mol. The van der Waals surface area contributed by atoms with Crippen molar-refractivity contribution in [1.29, 1.82) is 0 Å². The van der Waals surface area contributed by atoms with Crippen LogP contribution in [0.2, 0.25) is 10.0 Å². The van der Waals surface area contributed by atoms with E-state index >= 15 is 0 Å². The fourth-order valence-electron chi connectivity index (χ4n) is 2.24. The van der Waals surface area contributed by atoms with Crippen molar-refractivity contribution in [3.63, 3.8) is 0 Å². The van der Waals surface area contributed by atoms with E-state index in [1.165, 1.54) is 7.11 Å². The Hall–Kier alpha value is -1.91. The van der Waals surface area contributed by atoms with E-state index in [1.54, 1.807) is 12.1 Å². The van der Waals surface area contributed by atoms with Gasteiger partial charge in [-0.15, -0.1) is 0 Å². The third-order valence-corrected chi connectivity index (χ3v) is 3.78. The van der Waals surface area contributed by atoms with Gasteiger partial charge in [0.05, 0.1) is 17.2 Å². The summed E-state index contributed by atoms with van der Waals surface area (Å²) in [5, 5.41) is 4.07. The van der Waals surface area contributed by atoms with E-state index in [1.807, 2.05) is 25.1 Å². The highest BCUT2D eigenvalue weighted by atomic mass is 35.5. The molecule has 22 heavy (non-hydrogen) atoms. The van der Waals surface area contributed by atoms with Gasteiger partial charge in [0.15, 0.2) is 11.3 Å². The number of hydrogen-bond donors (Lipinski definition) is 1. The lowest BCUT2D eigenvalue weighted by molar-refractivity contribution is 0.415. The Morgan fingerprint density at radius 2 is 1.91 bits per heavy atom. The number of rotatable bonds is 4. The summed E-state index contributed by atoms with van der Waals surface area (Å²) in [6.45, 7) is 2.88. The van der Waals surface area contributed by atoms with Crippen LogP contribution in [0.25, 0.3) is 22.6 Å². The fourth-order valence-corrected chi connectivity index (χ4v) is 2.88. The molecule has 0 bridgehead atoms. The number of anilines is 1. The number of nitrogens with one attached hydrogen (secondary N) is 1. The summed E-state index contributed by atoms with van der Waals surface area (Å²) >= 11 is 12.3. The summed E-state index contributed by atoms with van der Waals surface area (Å²) in [6, 6.07) is 9.24. The minimum absolute atomic E-state index is 0.417. The number of aromatic nitrogens is 1. The van der Waals surface area contributed by atoms with Crippen molar-refractivity contribution >= 4 is 40.0 Å². The number of oxazole rings is 1. The van der Waals surface area contributed by atoms with Crippen molar-refractivity contribution in [3.05, 3.63) is 40.4 Å². The molecule has 0 spiro atoms. The van der Waals surface area contributed by atoms with Crippen LogP contribution in [0.1, 0.15) is 6.92 Å². The number of ether oxygens (including phenoxy) is 1. The van der Waals surface area contributed by atoms with Crippen LogP contribution < -0.4 is 10.1 Å². The zero-order valence-electron chi connectivity index (χ0n) is 12.1. The largest absolute Gasteiger partial charge is 0.494 e. The molecule has 0 saturated heterocycles. The van der Waals surface area contributed by atoms with Gasteiger partial charge >= 0.3 is 0 Å². The second-order valence-corrected chi connectivity index (χ2v) is 5.52. The molecule has 0 fully saturated rings. The zero-order valence-corrected chi connectivity index (χ0v) is 13.6. The van der Waals surface area contributed by atoms with Gasteiger partial charge in [0, 0.05) is 23.9 Å². The first kappa shape index (κ1) is 15.0. The van der Waals surface area contributed by atoms with Crippen molar-refractivity contribution in [2.45, 2.75) is 6.92 Å². The average Bonchev–Trinajstić information content (AvgIpc) is 2.90. The molecule has 6 heteroatoms. The van der Waals surface area contributed by atoms with E-state index in [0.717, 1.165) is 17.7 Å². The lowest BCUT2D eigenvalue weighted by Crippen LogP contribution is -1.95. The van der Waals surface area contributed by atoms with Crippen molar-refractivity contribution in [1.82, 2.24) is 4.98 Å². The summed E-state index contributed by atoms with van der Waals surface area (Å²) in [5.41, 5.74) is 3.18. The summed E-state index contributed by atoms with van der Waals surface area (Å²) in [7, 11) is 1.52. The molecule has 3 rings (SSSR count). The molecule has 1 aromatic heterocycles. The van der Waals surface area contributed by atoms with E-state index in [0.29, 0.717) is 32.8 Å². The summed E-state index contributed by atoms with van der Waals surface area (Å²) in [4.78, 5) is 4.47. The molecular weight excluding hydrogens is 323 g/mol. The van der Waals surface area contributed by atoms with Crippen LogP contribution in [0.15, 0.2) is 34.7 Å². The van der Waals surface area contributed by atoms with Crippen LogP contribution in [0.5, 0.6) is 5.75 Å². The lowest BCUT2D eigenvalue weighted by atomic mass is 10.2. The number of benzene rings is 2. The highest BCUT2D eigenvalue weighted by Gasteiger charge is 2.14. The Balaban J connectivity index is 2.06. The molecular formula is C16H14Cl2N2O2. The molecule has 0 aliphatic heterocycles. The highest BCUT2D eigenvalue weighted by molar-refractivity contribution is 6.37. The summed E-state index contributed by atoms with van der Waals surface area (Å²) in [5.74, 6) is 0.910. The summed E-state index contributed by atoms with van der Waals surface area (Å²) < 4.78 is 11.0. The SMILES string of the molecule is CCNc1ccc2nc(-c3cc(Cl)c(OC)c(Cl)c3)oc2c1. The van der Waals surface area contributed by atoms with Gasteiger partial charge in [-0.1, -0.05) is 23.2 Å². The topological polar surface area (TPSA) is 47.3 Å². The molecule has 114 valence electrons. The molecule has 0 saturated carbocycles. The Morgan fingerprint density at radius 1 is 1.18 bits per heavy atom. The predicted octanol–water partition coefficient (Wildman–Crippen LogP) is 5.24. The van der Waals surface area contributed by atoms with E-state index in [-0.39, 0.29) is 0 Å². The molecule has 0 atom stereocenters. The van der Waals surface area contributed by atoms with Crippen molar-refractivity contribution in [2.75, 3.05) is 19.0 Å². The molecule has 4 nitrogen and oxygen atoms in total. The third-order valence-electron chi connectivity index (χ3n) is 3.22. The molecule has 3 aromatic rings. The molecule has 1 heterocycles. The molecule has 0 aliphatic rings. The van der Waals surface area contributed by atoms with E-state index in [4.69, 9.17) is 32.4 Å². The number of halogens is 2. The number of hydrogen-bond acceptors (Lipinski definition) is 4. The minimum Gasteiger partial charge on any atom is -0.494 e. The van der Waals surface area contributed by atoms with Gasteiger partial charge in [0.1, 0.15) is 5.52 Å². The normalized spacial score (nSPS) is 10.9. The van der Waals surface area contributed by atoms with Crippen LogP contribution in [0, 0.1) is 0 Å². The van der Waals surface area contributed by atoms with Gasteiger partial charge in [0.25, 0.3) is 0 Å².